The van der Waals surface area contributed by atoms with Crippen molar-refractivity contribution in [3.63, 3.8) is 0 Å². The number of rotatable bonds is 23. The van der Waals surface area contributed by atoms with Gasteiger partial charge in [0.15, 0.2) is 0 Å². The predicted molar refractivity (Wildman–Crippen MR) is 138 cm³/mol. The number of benzene rings is 1. The largest absolute Gasteiger partial charge is 0.494 e. The zero-order chi connectivity index (χ0) is 24.9. The van der Waals surface area contributed by atoms with Gasteiger partial charge in [-0.05, 0) is 51.1 Å². The molecule has 34 heavy (non-hydrogen) atoms. The summed E-state index contributed by atoms with van der Waals surface area (Å²) >= 11 is 0. The number of hydrogen-bond donors (Lipinski definition) is 1. The van der Waals surface area contributed by atoms with Crippen LogP contribution in [0.4, 0.5) is 0 Å². The molecule has 0 saturated carbocycles. The Morgan fingerprint density at radius 1 is 0.941 bits per heavy atom. The minimum Gasteiger partial charge on any atom is -0.494 e. The molecular formula is C26H46NO6P. The molecule has 0 amide bonds. The third-order valence-electron chi connectivity index (χ3n) is 5.55. The summed E-state index contributed by atoms with van der Waals surface area (Å²) in [6.07, 6.45) is 12.6. The van der Waals surface area contributed by atoms with Gasteiger partial charge in [-0.15, -0.1) is 0 Å². The molecule has 1 aromatic carbocycles. The first-order valence-electron chi connectivity index (χ1n) is 12.8. The fourth-order valence-corrected chi connectivity index (χ4v) is 4.04. The lowest BCUT2D eigenvalue weighted by atomic mass is 10.1. The van der Waals surface area contributed by atoms with E-state index in [0.29, 0.717) is 26.0 Å². The van der Waals surface area contributed by atoms with Crippen molar-refractivity contribution in [1.82, 2.24) is 4.90 Å². The number of likely N-dealkylation sites (N-methyl/N-ethyl adjacent to an activating group) is 1. The van der Waals surface area contributed by atoms with Gasteiger partial charge in [-0.3, -0.25) is 4.79 Å². The van der Waals surface area contributed by atoms with Gasteiger partial charge in [0.2, 0.25) is 0 Å². The van der Waals surface area contributed by atoms with Crippen LogP contribution in [-0.2, 0) is 25.0 Å². The van der Waals surface area contributed by atoms with E-state index in [4.69, 9.17) is 18.5 Å². The monoisotopic (exact) mass is 499 g/mol. The molecule has 0 spiro atoms. The molecule has 8 heteroatoms. The SMILES string of the molecule is CCCCCCCCCCCOc1ccc(CCC(COP(O)OCCN(C)C)OC=O)cc1. The molecule has 0 aliphatic carbocycles. The molecule has 0 aliphatic heterocycles. The highest BCUT2D eigenvalue weighted by Gasteiger charge is 2.15. The van der Waals surface area contributed by atoms with E-state index in [0.717, 1.165) is 30.8 Å². The summed E-state index contributed by atoms with van der Waals surface area (Å²) in [5.74, 6) is 0.883. The van der Waals surface area contributed by atoms with Crippen LogP contribution in [-0.4, -0.2) is 62.8 Å². The molecule has 1 aromatic rings. The van der Waals surface area contributed by atoms with Crippen LogP contribution in [0.5, 0.6) is 5.75 Å². The predicted octanol–water partition coefficient (Wildman–Crippen LogP) is 5.88. The molecule has 0 saturated heterocycles. The number of hydrogen-bond acceptors (Lipinski definition) is 7. The van der Waals surface area contributed by atoms with E-state index in [-0.39, 0.29) is 6.61 Å². The maximum Gasteiger partial charge on any atom is 0.330 e. The molecule has 0 heterocycles. The first-order valence-corrected chi connectivity index (χ1v) is 13.9. The molecule has 2 unspecified atom stereocenters. The summed E-state index contributed by atoms with van der Waals surface area (Å²) in [6.45, 7) is 4.59. The van der Waals surface area contributed by atoms with Crippen LogP contribution < -0.4 is 4.74 Å². The third-order valence-corrected chi connectivity index (χ3v) is 6.33. The van der Waals surface area contributed by atoms with Crippen LogP contribution in [0.15, 0.2) is 24.3 Å². The zero-order valence-corrected chi connectivity index (χ0v) is 22.3. The van der Waals surface area contributed by atoms with Crippen molar-refractivity contribution in [2.45, 2.75) is 83.7 Å². The molecule has 0 aromatic heterocycles. The lowest BCUT2D eigenvalue weighted by Crippen LogP contribution is -2.20. The first-order chi connectivity index (χ1) is 16.5. The van der Waals surface area contributed by atoms with Gasteiger partial charge in [0.05, 0.1) is 19.8 Å². The average molecular weight is 500 g/mol. The first kappa shape index (κ1) is 30.8. The Labute approximate surface area is 208 Å². The van der Waals surface area contributed by atoms with Gasteiger partial charge in [0.1, 0.15) is 11.9 Å². The topological polar surface area (TPSA) is 77.5 Å². The minimum atomic E-state index is -1.98. The highest BCUT2D eigenvalue weighted by molar-refractivity contribution is 7.40. The maximum absolute atomic E-state index is 10.8. The Morgan fingerprint density at radius 2 is 1.59 bits per heavy atom. The van der Waals surface area contributed by atoms with E-state index in [2.05, 4.69) is 6.92 Å². The fraction of sp³-hybridized carbons (Fsp3) is 0.731. The number of ether oxygens (including phenoxy) is 2. The van der Waals surface area contributed by atoms with Crippen LogP contribution >= 0.6 is 8.60 Å². The average Bonchev–Trinajstić information content (AvgIpc) is 2.82. The summed E-state index contributed by atoms with van der Waals surface area (Å²) in [5.41, 5.74) is 1.13. The van der Waals surface area contributed by atoms with Crippen molar-refractivity contribution in [2.75, 3.05) is 40.5 Å². The standard InChI is InChI=1S/C26H46NO6P/c1-4-5-6-7-8-9-10-11-12-20-30-25-16-13-24(14-17-25)15-18-26(31-23-28)22-33-34(29)32-21-19-27(2)3/h13-14,16-17,23,26,29H,4-12,15,18-22H2,1-3H3. The third kappa shape index (κ3) is 17.2. The Bertz CT molecular complexity index is 601. The molecule has 1 rings (SSSR count). The second-order valence-electron chi connectivity index (χ2n) is 8.88. The maximum atomic E-state index is 10.8. The second-order valence-corrected chi connectivity index (χ2v) is 9.88. The lowest BCUT2D eigenvalue weighted by molar-refractivity contribution is -0.135. The smallest absolute Gasteiger partial charge is 0.330 e. The van der Waals surface area contributed by atoms with Crippen LogP contribution in [0, 0.1) is 0 Å². The van der Waals surface area contributed by atoms with E-state index in [1.54, 1.807) is 0 Å². The van der Waals surface area contributed by atoms with Crippen molar-refractivity contribution in [2.24, 2.45) is 0 Å². The van der Waals surface area contributed by atoms with E-state index in [1.807, 2.05) is 43.3 Å². The number of aryl methyl sites for hydroxylation is 1. The van der Waals surface area contributed by atoms with Crippen molar-refractivity contribution in [1.29, 1.82) is 0 Å². The number of carbonyl (C=O) groups excluding carboxylic acids is 1. The van der Waals surface area contributed by atoms with Gasteiger partial charge in [-0.1, -0.05) is 70.4 Å². The highest BCUT2D eigenvalue weighted by Crippen LogP contribution is 2.33. The Hall–Kier alpha value is -1.24. The van der Waals surface area contributed by atoms with Crippen LogP contribution in [0.2, 0.25) is 0 Å². The molecule has 1 N–H and O–H groups in total. The normalized spacial score (nSPS) is 13.1. The minimum absolute atomic E-state index is 0.100. The molecule has 7 nitrogen and oxygen atoms in total. The van der Waals surface area contributed by atoms with E-state index < -0.39 is 14.7 Å². The van der Waals surface area contributed by atoms with E-state index >= 15 is 0 Å². The Morgan fingerprint density at radius 3 is 2.21 bits per heavy atom. The van der Waals surface area contributed by atoms with Gasteiger partial charge < -0.3 is 28.3 Å². The molecule has 0 radical (unpaired) electrons. The van der Waals surface area contributed by atoms with Crippen LogP contribution in [0.25, 0.3) is 0 Å². The van der Waals surface area contributed by atoms with Gasteiger partial charge in [0, 0.05) is 6.54 Å². The van der Waals surface area contributed by atoms with Gasteiger partial charge >= 0.3 is 8.60 Å². The molecule has 196 valence electrons. The summed E-state index contributed by atoms with van der Waals surface area (Å²) in [6, 6.07) is 8.04. The van der Waals surface area contributed by atoms with Gasteiger partial charge in [-0.25, -0.2) is 0 Å². The number of nitrogens with zero attached hydrogens (tertiary/aromatic N) is 1. The molecule has 0 fully saturated rings. The molecule has 0 aliphatic rings. The number of carbonyl (C=O) groups is 1. The van der Waals surface area contributed by atoms with Crippen LogP contribution in [0.1, 0.15) is 76.7 Å². The fourth-order valence-electron chi connectivity index (χ4n) is 3.44. The second kappa shape index (κ2) is 21.1. The molecular weight excluding hydrogens is 453 g/mol. The summed E-state index contributed by atoms with van der Waals surface area (Å²) < 4.78 is 21.5. The van der Waals surface area contributed by atoms with E-state index in [1.165, 1.54) is 51.4 Å². The molecule has 2 atom stereocenters. The quantitative estimate of drug-likeness (QED) is 0.114. The van der Waals surface area contributed by atoms with E-state index in [9.17, 15) is 9.69 Å². The molecule has 0 bridgehead atoms. The number of unbranched alkanes of at least 4 members (excludes halogenated alkanes) is 8. The lowest BCUT2D eigenvalue weighted by Gasteiger charge is -2.18. The Balaban J connectivity index is 2.18. The summed E-state index contributed by atoms with van der Waals surface area (Å²) in [7, 11) is 1.87. The summed E-state index contributed by atoms with van der Waals surface area (Å²) in [5, 5.41) is 0. The van der Waals surface area contributed by atoms with Crippen molar-refractivity contribution < 1.29 is 28.2 Å². The van der Waals surface area contributed by atoms with Crippen molar-refractivity contribution in [3.8, 4) is 5.75 Å². The summed E-state index contributed by atoms with van der Waals surface area (Å²) in [4.78, 5) is 22.6. The van der Waals surface area contributed by atoms with Gasteiger partial charge in [-0.2, -0.15) is 0 Å². The highest BCUT2D eigenvalue weighted by atomic mass is 31.2. The van der Waals surface area contributed by atoms with Crippen LogP contribution in [0.3, 0.4) is 0 Å². The van der Waals surface area contributed by atoms with Crippen molar-refractivity contribution in [3.05, 3.63) is 29.8 Å². The Kier molecular flexibility index (Phi) is 19.1. The van der Waals surface area contributed by atoms with Gasteiger partial charge in [0.25, 0.3) is 6.47 Å². The zero-order valence-electron chi connectivity index (χ0n) is 21.5. The van der Waals surface area contributed by atoms with Crippen molar-refractivity contribution >= 4 is 15.1 Å².